The number of rotatable bonds is 2. The molecule has 0 radical (unpaired) electrons. The van der Waals surface area contributed by atoms with Gasteiger partial charge in [0.1, 0.15) is 12.4 Å². The summed E-state index contributed by atoms with van der Waals surface area (Å²) in [6.45, 7) is 3.37. The van der Waals surface area contributed by atoms with E-state index in [1.807, 2.05) is 4.90 Å². The summed E-state index contributed by atoms with van der Waals surface area (Å²) in [7, 11) is 0. The van der Waals surface area contributed by atoms with Crippen molar-refractivity contribution in [3.63, 3.8) is 0 Å². The molecule has 0 amide bonds. The van der Waals surface area contributed by atoms with Gasteiger partial charge in [-0.15, -0.1) is 24.0 Å². The Hall–Kier alpha value is -2.41. The second kappa shape index (κ2) is 9.91. The van der Waals surface area contributed by atoms with E-state index < -0.39 is 0 Å². The second-order valence-electron chi connectivity index (χ2n) is 5.51. The van der Waals surface area contributed by atoms with Crippen LogP contribution in [0.2, 0.25) is 0 Å². The van der Waals surface area contributed by atoms with Crippen LogP contribution < -0.4 is 10.6 Å². The van der Waals surface area contributed by atoms with E-state index in [1.54, 1.807) is 30.6 Å². The highest BCUT2D eigenvalue weighted by molar-refractivity contribution is 14.0. The quantitative estimate of drug-likeness (QED) is 0.316. The van der Waals surface area contributed by atoms with Gasteiger partial charge in [0, 0.05) is 44.1 Å². The van der Waals surface area contributed by atoms with E-state index in [0.717, 1.165) is 32.1 Å². The Labute approximate surface area is 169 Å². The van der Waals surface area contributed by atoms with Crippen molar-refractivity contribution in [1.29, 1.82) is 0 Å². The summed E-state index contributed by atoms with van der Waals surface area (Å²) in [5.74, 6) is 6.68. The molecule has 0 bridgehead atoms. The van der Waals surface area contributed by atoms with Gasteiger partial charge in [-0.2, -0.15) is 0 Å². The minimum absolute atomic E-state index is 0. The number of hydrogen-bond acceptors (Lipinski definition) is 4. The summed E-state index contributed by atoms with van der Waals surface area (Å²) in [5.41, 5.74) is 6.66. The van der Waals surface area contributed by atoms with Crippen LogP contribution in [0.3, 0.4) is 0 Å². The molecule has 1 fully saturated rings. The minimum atomic E-state index is -0.296. The number of hydrogen-bond donors (Lipinski definition) is 1. The van der Waals surface area contributed by atoms with Crippen LogP contribution >= 0.6 is 24.0 Å². The van der Waals surface area contributed by atoms with Gasteiger partial charge in [0.15, 0.2) is 5.96 Å². The largest absolute Gasteiger partial charge is 0.370 e. The number of nitrogens with zero attached hydrogens (tertiary/aromatic N) is 5. The van der Waals surface area contributed by atoms with E-state index in [1.165, 1.54) is 12.1 Å². The van der Waals surface area contributed by atoms with E-state index >= 15 is 0 Å². The molecule has 136 valence electrons. The molecule has 2 N–H and O–H groups in total. The van der Waals surface area contributed by atoms with E-state index in [4.69, 9.17) is 5.73 Å². The van der Waals surface area contributed by atoms with Gasteiger partial charge in [0.25, 0.3) is 0 Å². The number of benzene rings is 1. The van der Waals surface area contributed by atoms with Gasteiger partial charge >= 0.3 is 0 Å². The molecule has 1 aliphatic heterocycles. The van der Waals surface area contributed by atoms with Gasteiger partial charge in [-0.25, -0.2) is 19.4 Å². The Morgan fingerprint density at radius 1 is 1.15 bits per heavy atom. The monoisotopic (exact) mass is 466 g/mol. The highest BCUT2D eigenvalue weighted by Crippen LogP contribution is 2.09. The summed E-state index contributed by atoms with van der Waals surface area (Å²) >= 11 is 0. The fraction of sp³-hybridized carbons (Fsp3) is 0.278. The molecule has 0 saturated carbocycles. The minimum Gasteiger partial charge on any atom is -0.370 e. The molecule has 26 heavy (non-hydrogen) atoms. The highest BCUT2D eigenvalue weighted by Gasteiger charge is 2.19. The molecule has 0 atom stereocenters. The van der Waals surface area contributed by atoms with Crippen molar-refractivity contribution in [2.24, 2.45) is 10.7 Å². The standard InChI is InChI=1S/C18H19FN6.HI/c19-16-6-1-4-15(14-16)5-2-7-21-17(20)24-10-12-25(13-11-24)18-22-8-3-9-23-18;/h1,3-4,6,8-9,14H,7,10-13H2,(H2,20,21);1H. The van der Waals surface area contributed by atoms with E-state index in [2.05, 4.69) is 31.7 Å². The maximum atomic E-state index is 13.1. The number of aliphatic imine (C=N–C) groups is 1. The molecule has 1 aliphatic rings. The summed E-state index contributed by atoms with van der Waals surface area (Å²) in [4.78, 5) is 16.9. The van der Waals surface area contributed by atoms with Crippen molar-refractivity contribution in [3.05, 3.63) is 54.1 Å². The third-order valence-corrected chi connectivity index (χ3v) is 3.82. The Balaban J connectivity index is 0.00000243. The molecule has 2 heterocycles. The molecule has 3 rings (SSSR count). The van der Waals surface area contributed by atoms with Gasteiger partial charge in [-0.3, -0.25) is 0 Å². The van der Waals surface area contributed by atoms with Crippen LogP contribution in [0.5, 0.6) is 0 Å². The van der Waals surface area contributed by atoms with Crippen molar-refractivity contribution in [2.45, 2.75) is 0 Å². The van der Waals surface area contributed by atoms with Gasteiger partial charge in [-0.1, -0.05) is 17.9 Å². The Morgan fingerprint density at radius 3 is 2.58 bits per heavy atom. The average molecular weight is 466 g/mol. The molecule has 6 nitrogen and oxygen atoms in total. The van der Waals surface area contributed by atoms with Crippen molar-refractivity contribution in [1.82, 2.24) is 14.9 Å². The van der Waals surface area contributed by atoms with Crippen molar-refractivity contribution < 1.29 is 4.39 Å². The molecule has 2 aromatic rings. The fourth-order valence-corrected chi connectivity index (χ4v) is 2.52. The fourth-order valence-electron chi connectivity index (χ4n) is 2.52. The lowest BCUT2D eigenvalue weighted by Gasteiger charge is -2.35. The third kappa shape index (κ3) is 5.56. The Bertz CT molecular complexity index is 794. The molecule has 1 aromatic heterocycles. The number of aromatic nitrogens is 2. The predicted molar refractivity (Wildman–Crippen MR) is 111 cm³/mol. The number of anilines is 1. The van der Waals surface area contributed by atoms with Gasteiger partial charge in [0.2, 0.25) is 5.95 Å². The molecule has 8 heteroatoms. The van der Waals surface area contributed by atoms with Gasteiger partial charge in [0.05, 0.1) is 0 Å². The molecule has 0 unspecified atom stereocenters. The number of nitrogens with two attached hydrogens (primary N) is 1. The van der Waals surface area contributed by atoms with Crippen molar-refractivity contribution in [2.75, 3.05) is 37.6 Å². The number of piperazine rings is 1. The normalized spacial score (nSPS) is 14.3. The second-order valence-corrected chi connectivity index (χ2v) is 5.51. The molecule has 1 saturated heterocycles. The van der Waals surface area contributed by atoms with Crippen LogP contribution in [0.1, 0.15) is 5.56 Å². The summed E-state index contributed by atoms with van der Waals surface area (Å²) < 4.78 is 13.1. The first-order valence-electron chi connectivity index (χ1n) is 8.03. The van der Waals surface area contributed by atoms with Gasteiger partial charge < -0.3 is 15.5 Å². The first-order valence-corrected chi connectivity index (χ1v) is 8.03. The topological polar surface area (TPSA) is 70.6 Å². The maximum absolute atomic E-state index is 13.1. The Morgan fingerprint density at radius 2 is 1.88 bits per heavy atom. The number of halogens is 2. The molecular formula is C18H20FIN6. The highest BCUT2D eigenvalue weighted by atomic mass is 127. The summed E-state index contributed by atoms with van der Waals surface area (Å²) in [6.07, 6.45) is 3.48. The van der Waals surface area contributed by atoms with E-state index in [0.29, 0.717) is 11.5 Å². The SMILES string of the molecule is I.NC(=NCC#Cc1cccc(F)c1)N1CCN(c2ncccn2)CC1. The lowest BCUT2D eigenvalue weighted by atomic mass is 10.2. The first kappa shape index (κ1) is 19.9. The van der Waals surface area contributed by atoms with Crippen LogP contribution in [0, 0.1) is 17.7 Å². The first-order chi connectivity index (χ1) is 12.2. The number of guanidine groups is 1. The molecule has 0 spiro atoms. The van der Waals surface area contributed by atoms with Crippen LogP contribution in [-0.2, 0) is 0 Å². The average Bonchev–Trinajstić information content (AvgIpc) is 2.66. The summed E-state index contributed by atoms with van der Waals surface area (Å²) in [6, 6.07) is 7.97. The van der Waals surface area contributed by atoms with Crippen molar-refractivity contribution in [3.8, 4) is 11.8 Å². The lowest BCUT2D eigenvalue weighted by Crippen LogP contribution is -2.51. The van der Waals surface area contributed by atoms with Gasteiger partial charge in [-0.05, 0) is 24.3 Å². The Kier molecular flexibility index (Phi) is 7.59. The van der Waals surface area contributed by atoms with E-state index in [-0.39, 0.29) is 36.3 Å². The molecule has 1 aromatic carbocycles. The van der Waals surface area contributed by atoms with Crippen LogP contribution in [0.25, 0.3) is 0 Å². The zero-order valence-electron chi connectivity index (χ0n) is 14.2. The molecular weight excluding hydrogens is 446 g/mol. The molecule has 0 aliphatic carbocycles. The zero-order chi connectivity index (χ0) is 17.5. The van der Waals surface area contributed by atoms with Crippen LogP contribution in [-0.4, -0.2) is 53.6 Å². The summed E-state index contributed by atoms with van der Waals surface area (Å²) in [5, 5.41) is 0. The van der Waals surface area contributed by atoms with Crippen LogP contribution in [0.4, 0.5) is 10.3 Å². The predicted octanol–water partition coefficient (Wildman–Crippen LogP) is 1.72. The van der Waals surface area contributed by atoms with Crippen molar-refractivity contribution >= 4 is 35.9 Å². The smallest absolute Gasteiger partial charge is 0.225 e. The van der Waals surface area contributed by atoms with Crippen LogP contribution in [0.15, 0.2) is 47.7 Å². The van der Waals surface area contributed by atoms with E-state index in [9.17, 15) is 4.39 Å². The lowest BCUT2D eigenvalue weighted by molar-refractivity contribution is 0.378. The zero-order valence-corrected chi connectivity index (χ0v) is 16.5. The maximum Gasteiger partial charge on any atom is 0.225 e. The third-order valence-electron chi connectivity index (χ3n) is 3.82.